The molecule has 9 atom stereocenters. The van der Waals surface area contributed by atoms with Crippen LogP contribution in [0, 0.1) is 29.1 Å². The molecule has 0 bridgehead atoms. The minimum absolute atomic E-state index is 0.0180. The summed E-state index contributed by atoms with van der Waals surface area (Å²) < 4.78 is 17.7. The highest BCUT2D eigenvalue weighted by molar-refractivity contribution is 5.76. The molecule has 2 saturated carbocycles. The van der Waals surface area contributed by atoms with E-state index in [0.29, 0.717) is 13.0 Å². The Bertz CT molecular complexity index is 1040. The Balaban J connectivity index is 1.40. The number of hydrogen-bond acceptors (Lipinski definition) is 9. The second kappa shape index (κ2) is 10.5. The van der Waals surface area contributed by atoms with Crippen molar-refractivity contribution in [1.82, 2.24) is 4.90 Å². The molecule has 1 aromatic carbocycles. The van der Waals surface area contributed by atoms with Crippen molar-refractivity contribution < 1.29 is 33.7 Å². The molecular formula is C29H40N2O7. The number of carbonyl (C=O) groups excluding carboxylic acids is 3. The minimum atomic E-state index is -0.886. The zero-order valence-electron chi connectivity index (χ0n) is 22.7. The van der Waals surface area contributed by atoms with Crippen molar-refractivity contribution in [1.29, 1.82) is 0 Å². The summed E-state index contributed by atoms with van der Waals surface area (Å²) in [6, 6.07) is 10.3. The van der Waals surface area contributed by atoms with Gasteiger partial charge in [0.2, 0.25) is 0 Å². The maximum Gasteiger partial charge on any atom is 0.311 e. The Kier molecular flexibility index (Phi) is 7.44. The van der Waals surface area contributed by atoms with Crippen LogP contribution in [0.5, 0.6) is 0 Å². The number of carbonyl (C=O) groups is 3. The van der Waals surface area contributed by atoms with E-state index < -0.39 is 47.7 Å². The van der Waals surface area contributed by atoms with E-state index >= 15 is 0 Å². The van der Waals surface area contributed by atoms with Gasteiger partial charge in [0.05, 0.1) is 12.0 Å². The molecule has 4 fully saturated rings. The van der Waals surface area contributed by atoms with E-state index in [1.54, 1.807) is 0 Å². The first-order valence-corrected chi connectivity index (χ1v) is 13.8. The third-order valence-electron chi connectivity index (χ3n) is 9.50. The van der Waals surface area contributed by atoms with Gasteiger partial charge in [0, 0.05) is 75.9 Å². The van der Waals surface area contributed by atoms with E-state index in [2.05, 4.69) is 28.9 Å². The van der Waals surface area contributed by atoms with Crippen LogP contribution >= 0.6 is 0 Å². The number of para-hydroxylation sites is 1. The first-order chi connectivity index (χ1) is 18.1. The molecule has 0 aromatic heterocycles. The maximum atomic E-state index is 13.3. The Hall–Kier alpha value is -2.65. The third kappa shape index (κ3) is 4.79. The van der Waals surface area contributed by atoms with Crippen molar-refractivity contribution >= 4 is 23.6 Å². The molecule has 2 aliphatic carbocycles. The van der Waals surface area contributed by atoms with Crippen molar-refractivity contribution in [3.8, 4) is 0 Å². The lowest BCUT2D eigenvalue weighted by atomic mass is 9.66. The molecule has 9 heteroatoms. The summed E-state index contributed by atoms with van der Waals surface area (Å²) in [5.41, 5.74) is 0.305. The Labute approximate surface area is 224 Å². The fourth-order valence-corrected chi connectivity index (χ4v) is 7.89. The molecule has 1 N–H and O–H groups in total. The minimum Gasteiger partial charge on any atom is -0.462 e. The largest absolute Gasteiger partial charge is 0.462 e. The van der Waals surface area contributed by atoms with Gasteiger partial charge in [-0.2, -0.15) is 0 Å². The molecule has 0 unspecified atom stereocenters. The number of hydrogen-bond donors (Lipinski definition) is 1. The highest BCUT2D eigenvalue weighted by Crippen LogP contribution is 2.59. The zero-order chi connectivity index (χ0) is 27.2. The van der Waals surface area contributed by atoms with Crippen LogP contribution in [-0.2, 0) is 28.6 Å². The fourth-order valence-electron chi connectivity index (χ4n) is 7.89. The third-order valence-corrected chi connectivity index (χ3v) is 9.50. The predicted molar refractivity (Wildman–Crippen MR) is 139 cm³/mol. The fraction of sp³-hybridized carbons (Fsp3) is 0.690. The lowest BCUT2D eigenvalue weighted by molar-refractivity contribution is -0.174. The number of piperazine rings is 1. The molecule has 4 aliphatic rings. The average molecular weight is 529 g/mol. The molecule has 0 spiro atoms. The normalized spacial score (nSPS) is 39.1. The highest BCUT2D eigenvalue weighted by atomic mass is 16.6. The van der Waals surface area contributed by atoms with Gasteiger partial charge < -0.3 is 24.2 Å². The van der Waals surface area contributed by atoms with E-state index in [0.717, 1.165) is 26.2 Å². The molecular weight excluding hydrogens is 488 g/mol. The number of benzene rings is 1. The Morgan fingerprint density at radius 3 is 2.34 bits per heavy atom. The molecule has 1 aromatic rings. The lowest BCUT2D eigenvalue weighted by Crippen LogP contribution is -2.54. The molecule has 0 radical (unpaired) electrons. The van der Waals surface area contributed by atoms with Gasteiger partial charge in [-0.15, -0.1) is 0 Å². The van der Waals surface area contributed by atoms with Crippen LogP contribution in [0.3, 0.4) is 0 Å². The predicted octanol–water partition coefficient (Wildman–Crippen LogP) is 2.26. The monoisotopic (exact) mass is 528 g/mol. The molecule has 0 amide bonds. The van der Waals surface area contributed by atoms with Crippen LogP contribution in [0.15, 0.2) is 30.3 Å². The van der Waals surface area contributed by atoms with Gasteiger partial charge in [-0.25, -0.2) is 0 Å². The van der Waals surface area contributed by atoms with Crippen LogP contribution in [0.1, 0.15) is 40.5 Å². The van der Waals surface area contributed by atoms with Crippen molar-refractivity contribution in [2.45, 2.75) is 65.0 Å². The van der Waals surface area contributed by atoms with Gasteiger partial charge >= 0.3 is 17.9 Å². The molecule has 9 nitrogen and oxygen atoms in total. The van der Waals surface area contributed by atoms with Crippen LogP contribution in [-0.4, -0.2) is 85.1 Å². The van der Waals surface area contributed by atoms with E-state index in [-0.39, 0.29) is 30.1 Å². The van der Waals surface area contributed by atoms with Crippen LogP contribution in [0.25, 0.3) is 0 Å². The number of nitrogens with zero attached hydrogens (tertiary/aromatic N) is 2. The molecule has 2 saturated heterocycles. The van der Waals surface area contributed by atoms with Crippen molar-refractivity contribution in [2.24, 2.45) is 29.1 Å². The van der Waals surface area contributed by atoms with Gasteiger partial charge in [-0.05, 0) is 24.5 Å². The van der Waals surface area contributed by atoms with Crippen molar-refractivity contribution in [2.75, 3.05) is 37.6 Å². The van der Waals surface area contributed by atoms with E-state index in [9.17, 15) is 19.5 Å². The number of ether oxygens (including phenoxy) is 3. The number of aliphatic hydroxyl groups excluding tert-OH is 1. The average Bonchev–Trinajstić information content (AvgIpc) is 3.26. The number of esters is 3. The highest BCUT2D eigenvalue weighted by Gasteiger charge is 2.67. The van der Waals surface area contributed by atoms with E-state index in [1.165, 1.54) is 19.5 Å². The van der Waals surface area contributed by atoms with Gasteiger partial charge in [0.1, 0.15) is 18.3 Å². The number of fused-ring (bicyclic) bond motifs is 2. The molecule has 5 rings (SSSR count). The topological polar surface area (TPSA) is 106 Å². The summed E-state index contributed by atoms with van der Waals surface area (Å²) in [5, 5.41) is 11.4. The van der Waals surface area contributed by atoms with Crippen molar-refractivity contribution in [3.63, 3.8) is 0 Å². The van der Waals surface area contributed by atoms with Crippen LogP contribution < -0.4 is 4.90 Å². The van der Waals surface area contributed by atoms with Crippen LogP contribution in [0.2, 0.25) is 0 Å². The van der Waals surface area contributed by atoms with Crippen LogP contribution in [0.4, 0.5) is 5.69 Å². The quantitative estimate of drug-likeness (QED) is 0.455. The summed E-state index contributed by atoms with van der Waals surface area (Å²) in [6.45, 7) is 10.5. The molecule has 2 heterocycles. The second-order valence-corrected chi connectivity index (χ2v) is 11.8. The zero-order valence-corrected chi connectivity index (χ0v) is 22.7. The van der Waals surface area contributed by atoms with E-state index in [4.69, 9.17) is 14.2 Å². The van der Waals surface area contributed by atoms with Crippen molar-refractivity contribution in [3.05, 3.63) is 30.3 Å². The Morgan fingerprint density at radius 2 is 1.71 bits per heavy atom. The van der Waals surface area contributed by atoms with Gasteiger partial charge in [0.15, 0.2) is 0 Å². The Morgan fingerprint density at radius 1 is 1.05 bits per heavy atom. The first-order valence-electron chi connectivity index (χ1n) is 13.8. The summed E-state index contributed by atoms with van der Waals surface area (Å²) in [4.78, 5) is 42.2. The molecule has 2 aliphatic heterocycles. The summed E-state index contributed by atoms with van der Waals surface area (Å²) >= 11 is 0. The van der Waals surface area contributed by atoms with Gasteiger partial charge in [-0.1, -0.05) is 32.0 Å². The standard InChI is InChI=1S/C29H40N2O7/c1-17-14-22-25(27(37-19(3)33)29(4)24(34)15-23(26(17)29)36-18(2)32)21(28(35)38-22)16-30-10-12-31(13-11-30)20-8-6-5-7-9-20/h5-9,17,21-27,34H,10-16H2,1-4H3/t17-,21-,22+,23-,24-,25+,26+,27-,29-/m0/s1. The smallest absolute Gasteiger partial charge is 0.311 e. The summed E-state index contributed by atoms with van der Waals surface area (Å²) in [6.07, 6.45) is -1.66. The van der Waals surface area contributed by atoms with Gasteiger partial charge in [-0.3, -0.25) is 19.3 Å². The maximum absolute atomic E-state index is 13.3. The SMILES string of the molecule is CC(=O)O[C@H]1C[C@H](O)[C@@]2(C)[C@@H]1[C@@H](C)C[C@H]1OC(=O)[C@@H](CN3CCN(c4ccccc4)CC3)[C@H]1[C@@H]2OC(C)=O. The van der Waals surface area contributed by atoms with E-state index in [1.807, 2.05) is 25.1 Å². The molecule has 38 heavy (non-hydrogen) atoms. The summed E-state index contributed by atoms with van der Waals surface area (Å²) in [7, 11) is 0. The van der Waals surface area contributed by atoms with Gasteiger partial charge in [0.25, 0.3) is 0 Å². The second-order valence-electron chi connectivity index (χ2n) is 11.8. The molecule has 208 valence electrons. The first kappa shape index (κ1) is 26.9. The number of anilines is 1. The number of rotatable bonds is 5. The number of aliphatic hydroxyl groups is 1. The summed E-state index contributed by atoms with van der Waals surface area (Å²) in [5.74, 6) is -2.23. The lowest BCUT2D eigenvalue weighted by Gasteiger charge is -2.44.